The number of nitrogens with zero attached hydrogens (tertiary/aromatic N) is 2. The largest absolute Gasteiger partial charge is 0.366 e. The quantitative estimate of drug-likeness (QED) is 0.777. The van der Waals surface area contributed by atoms with Crippen molar-refractivity contribution >= 4 is 17.7 Å². The van der Waals surface area contributed by atoms with E-state index in [2.05, 4.69) is 10.3 Å². The van der Waals surface area contributed by atoms with Crippen molar-refractivity contribution in [3.8, 4) is 0 Å². The minimum atomic E-state index is -2.84. The van der Waals surface area contributed by atoms with Crippen LogP contribution in [-0.2, 0) is 4.79 Å². The summed E-state index contributed by atoms with van der Waals surface area (Å²) >= 11 is 0. The highest BCUT2D eigenvalue weighted by Crippen LogP contribution is 2.80. The van der Waals surface area contributed by atoms with Gasteiger partial charge in [-0.3, -0.25) is 19.4 Å². The van der Waals surface area contributed by atoms with Crippen LogP contribution in [0.5, 0.6) is 0 Å². The number of primary amides is 1. The average Bonchev–Trinajstić information content (AvgIpc) is 3.57. The molecule has 2 heterocycles. The Morgan fingerprint density at radius 1 is 1.13 bits per heavy atom. The fraction of sp³-hybridized carbons (Fsp3) is 0.619. The van der Waals surface area contributed by atoms with Gasteiger partial charge in [-0.25, -0.2) is 8.78 Å². The summed E-state index contributed by atoms with van der Waals surface area (Å²) in [5.41, 5.74) is 4.51. The summed E-state index contributed by atoms with van der Waals surface area (Å²) in [4.78, 5) is 42.0. The Morgan fingerprint density at radius 2 is 1.83 bits per heavy atom. The lowest BCUT2D eigenvalue weighted by Gasteiger charge is -2.53. The first-order valence-electron chi connectivity index (χ1n) is 10.4. The molecule has 160 valence electrons. The highest BCUT2D eigenvalue weighted by atomic mass is 19.3. The minimum Gasteiger partial charge on any atom is -0.366 e. The van der Waals surface area contributed by atoms with Gasteiger partial charge < -0.3 is 16.0 Å². The van der Waals surface area contributed by atoms with Gasteiger partial charge in [0.1, 0.15) is 5.92 Å². The SMILES string of the molecule is NC(=O)c1cncc(C(=O)NC2CC3(CCCN(C(=O)C4C(F)(F)C45CC5)C3)C2)c1. The molecular formula is C21H24F2N4O3. The molecule has 1 aliphatic heterocycles. The van der Waals surface area contributed by atoms with E-state index >= 15 is 0 Å². The Bertz CT molecular complexity index is 936. The molecule has 1 aromatic rings. The van der Waals surface area contributed by atoms with E-state index in [1.807, 2.05) is 0 Å². The van der Waals surface area contributed by atoms with Gasteiger partial charge in [0.05, 0.1) is 16.5 Å². The molecule has 1 saturated heterocycles. The van der Waals surface area contributed by atoms with E-state index in [4.69, 9.17) is 5.73 Å². The van der Waals surface area contributed by atoms with Gasteiger partial charge in [0.15, 0.2) is 0 Å². The smallest absolute Gasteiger partial charge is 0.266 e. The third-order valence-corrected chi connectivity index (χ3v) is 7.48. The number of hydrogen-bond donors (Lipinski definition) is 2. The van der Waals surface area contributed by atoms with Crippen molar-refractivity contribution in [2.45, 2.75) is 50.5 Å². The zero-order valence-electron chi connectivity index (χ0n) is 16.5. The van der Waals surface area contributed by atoms with Crippen LogP contribution in [0.1, 0.15) is 59.2 Å². The maximum Gasteiger partial charge on any atom is 0.266 e. The second kappa shape index (κ2) is 6.21. The number of amides is 3. The van der Waals surface area contributed by atoms with Crippen molar-refractivity contribution in [2.24, 2.45) is 22.5 Å². The van der Waals surface area contributed by atoms with Gasteiger partial charge in [0.25, 0.3) is 11.8 Å². The van der Waals surface area contributed by atoms with Crippen molar-refractivity contribution in [3.63, 3.8) is 0 Å². The molecule has 2 spiro atoms. The van der Waals surface area contributed by atoms with Crippen LogP contribution in [0.4, 0.5) is 8.78 Å². The highest BCUT2D eigenvalue weighted by Gasteiger charge is 2.89. The molecule has 3 amide bonds. The van der Waals surface area contributed by atoms with Crippen molar-refractivity contribution < 1.29 is 23.2 Å². The fourth-order valence-electron chi connectivity index (χ4n) is 5.62. The van der Waals surface area contributed by atoms with E-state index in [9.17, 15) is 23.2 Å². The number of hydrogen-bond acceptors (Lipinski definition) is 4. The molecule has 9 heteroatoms. The van der Waals surface area contributed by atoms with Crippen LogP contribution in [0.3, 0.4) is 0 Å². The summed E-state index contributed by atoms with van der Waals surface area (Å²) < 4.78 is 28.1. The summed E-state index contributed by atoms with van der Waals surface area (Å²) in [6.45, 7) is 1.02. The third kappa shape index (κ3) is 2.81. The Kier molecular flexibility index (Phi) is 4.02. The zero-order valence-corrected chi connectivity index (χ0v) is 16.5. The first-order chi connectivity index (χ1) is 14.2. The maximum absolute atomic E-state index is 14.0. The molecule has 1 atom stereocenters. The molecule has 3 N–H and O–H groups in total. The minimum absolute atomic E-state index is 0.0538. The van der Waals surface area contributed by atoms with Crippen LogP contribution < -0.4 is 11.1 Å². The van der Waals surface area contributed by atoms with Crippen LogP contribution in [0.25, 0.3) is 0 Å². The van der Waals surface area contributed by atoms with Gasteiger partial charge >= 0.3 is 0 Å². The van der Waals surface area contributed by atoms with E-state index < -0.39 is 29.1 Å². The number of alkyl halides is 2. The lowest BCUT2D eigenvalue weighted by Crippen LogP contribution is -2.58. The van der Waals surface area contributed by atoms with Crippen LogP contribution in [0.15, 0.2) is 18.5 Å². The van der Waals surface area contributed by atoms with Crippen LogP contribution in [0, 0.1) is 16.7 Å². The van der Waals surface area contributed by atoms with Gasteiger partial charge in [0.2, 0.25) is 11.8 Å². The van der Waals surface area contributed by atoms with Crippen LogP contribution in [-0.4, -0.2) is 52.7 Å². The molecule has 1 unspecified atom stereocenters. The van der Waals surface area contributed by atoms with Crippen molar-refractivity contribution in [1.82, 2.24) is 15.2 Å². The number of piperidine rings is 1. The molecule has 3 aliphatic carbocycles. The molecule has 1 aromatic heterocycles. The van der Waals surface area contributed by atoms with Gasteiger partial charge in [0, 0.05) is 31.5 Å². The molecule has 5 rings (SSSR count). The molecule has 0 bridgehead atoms. The first kappa shape index (κ1) is 19.4. The molecule has 7 nitrogen and oxygen atoms in total. The van der Waals surface area contributed by atoms with Crippen LogP contribution >= 0.6 is 0 Å². The predicted octanol–water partition coefficient (Wildman–Crippen LogP) is 1.73. The molecule has 3 saturated carbocycles. The topological polar surface area (TPSA) is 105 Å². The lowest BCUT2D eigenvalue weighted by atomic mass is 9.61. The predicted molar refractivity (Wildman–Crippen MR) is 102 cm³/mol. The summed E-state index contributed by atoms with van der Waals surface area (Å²) in [5, 5.41) is 2.93. The number of nitrogens with two attached hydrogens (primary N) is 1. The lowest BCUT2D eigenvalue weighted by molar-refractivity contribution is -0.141. The van der Waals surface area contributed by atoms with E-state index in [1.54, 1.807) is 4.90 Å². The fourth-order valence-corrected chi connectivity index (χ4v) is 5.62. The number of carbonyl (C=O) groups excluding carboxylic acids is 3. The molecule has 0 radical (unpaired) electrons. The molecule has 0 aromatic carbocycles. The number of aromatic nitrogens is 1. The number of nitrogens with one attached hydrogen (secondary N) is 1. The first-order valence-corrected chi connectivity index (χ1v) is 10.4. The van der Waals surface area contributed by atoms with Crippen molar-refractivity contribution in [2.75, 3.05) is 13.1 Å². The van der Waals surface area contributed by atoms with Crippen LogP contribution in [0.2, 0.25) is 0 Å². The number of likely N-dealkylation sites (tertiary alicyclic amines) is 1. The Morgan fingerprint density at radius 3 is 2.47 bits per heavy atom. The Hall–Kier alpha value is -2.58. The second-order valence-corrected chi connectivity index (χ2v) is 9.48. The van der Waals surface area contributed by atoms with E-state index in [0.29, 0.717) is 38.8 Å². The highest BCUT2D eigenvalue weighted by molar-refractivity contribution is 5.98. The summed E-state index contributed by atoms with van der Waals surface area (Å²) in [5.74, 6) is -5.33. The molecule has 4 aliphatic rings. The van der Waals surface area contributed by atoms with Crippen molar-refractivity contribution in [1.29, 1.82) is 0 Å². The van der Waals surface area contributed by atoms with E-state index in [1.165, 1.54) is 18.5 Å². The normalized spacial score (nSPS) is 29.2. The molecular weight excluding hydrogens is 394 g/mol. The van der Waals surface area contributed by atoms with E-state index in [0.717, 1.165) is 12.8 Å². The van der Waals surface area contributed by atoms with Gasteiger partial charge in [-0.05, 0) is 50.0 Å². The molecule has 30 heavy (non-hydrogen) atoms. The standard InChI is InChI=1S/C21H24F2N4O3/c22-21(23)15(20(21)3-4-20)18(30)27-5-1-2-19(11-27)7-14(8-19)26-17(29)13-6-12(16(24)28)9-25-10-13/h6,9-10,14-15H,1-5,7-8,11H2,(H2,24,28)(H,26,29). The summed E-state index contributed by atoms with van der Waals surface area (Å²) in [7, 11) is 0. The summed E-state index contributed by atoms with van der Waals surface area (Å²) in [6.07, 6.45) is 6.72. The average molecular weight is 418 g/mol. The number of halogens is 2. The zero-order chi connectivity index (χ0) is 21.3. The molecule has 4 fully saturated rings. The van der Waals surface area contributed by atoms with Gasteiger partial charge in [-0.15, -0.1) is 0 Å². The number of carbonyl (C=O) groups is 3. The van der Waals surface area contributed by atoms with Crippen molar-refractivity contribution in [3.05, 3.63) is 29.6 Å². The number of rotatable bonds is 4. The Labute approximate surface area is 172 Å². The number of pyridine rings is 1. The Balaban J connectivity index is 1.18. The van der Waals surface area contributed by atoms with Gasteiger partial charge in [-0.1, -0.05) is 0 Å². The third-order valence-electron chi connectivity index (χ3n) is 7.48. The maximum atomic E-state index is 14.0. The van der Waals surface area contributed by atoms with E-state index in [-0.39, 0.29) is 28.5 Å². The van der Waals surface area contributed by atoms with Gasteiger partial charge in [-0.2, -0.15) is 0 Å². The summed E-state index contributed by atoms with van der Waals surface area (Å²) in [6, 6.07) is 1.35. The second-order valence-electron chi connectivity index (χ2n) is 9.48. The monoisotopic (exact) mass is 418 g/mol.